The van der Waals surface area contributed by atoms with E-state index in [9.17, 15) is 9.50 Å². The van der Waals surface area contributed by atoms with E-state index in [0.717, 1.165) is 22.4 Å². The van der Waals surface area contributed by atoms with E-state index in [4.69, 9.17) is 0 Å². The molecule has 3 rings (SSSR count). The Morgan fingerprint density at radius 2 is 1.82 bits per heavy atom. The Hall–Kier alpha value is -2.53. The molecule has 0 amide bonds. The fourth-order valence-corrected chi connectivity index (χ4v) is 2.43. The third kappa shape index (κ3) is 2.51. The van der Waals surface area contributed by atoms with Gasteiger partial charge in [0, 0.05) is 5.56 Å². The first-order chi connectivity index (χ1) is 10.6. The highest BCUT2D eigenvalue weighted by molar-refractivity contribution is 5.65. The maximum atomic E-state index is 13.2. The largest absolute Gasteiger partial charge is 0.390 e. The van der Waals surface area contributed by atoms with Crippen molar-refractivity contribution in [2.45, 2.75) is 20.5 Å². The zero-order valence-electron chi connectivity index (χ0n) is 12.4. The van der Waals surface area contributed by atoms with Crippen molar-refractivity contribution >= 4 is 0 Å². The van der Waals surface area contributed by atoms with Crippen LogP contribution in [0.1, 0.15) is 16.8 Å². The Morgan fingerprint density at radius 3 is 2.50 bits per heavy atom. The summed E-state index contributed by atoms with van der Waals surface area (Å²) in [5, 5.41) is 17.7. The molecule has 1 N–H and O–H groups in total. The van der Waals surface area contributed by atoms with Crippen LogP contribution >= 0.6 is 0 Å². The molecular weight excluding hydrogens is 281 g/mol. The van der Waals surface area contributed by atoms with Gasteiger partial charge in [-0.1, -0.05) is 17.3 Å². The minimum Gasteiger partial charge on any atom is -0.390 e. The lowest BCUT2D eigenvalue weighted by molar-refractivity contribution is 0.277. The molecule has 1 heterocycles. The molecule has 5 heteroatoms. The van der Waals surface area contributed by atoms with Crippen LogP contribution in [-0.2, 0) is 6.61 Å². The van der Waals surface area contributed by atoms with Gasteiger partial charge in [-0.15, -0.1) is 5.10 Å². The van der Waals surface area contributed by atoms with Crippen molar-refractivity contribution in [1.82, 2.24) is 15.0 Å². The van der Waals surface area contributed by atoms with Crippen LogP contribution in [0.4, 0.5) is 4.39 Å². The van der Waals surface area contributed by atoms with Crippen molar-refractivity contribution in [3.8, 4) is 16.9 Å². The molecule has 4 nitrogen and oxygen atoms in total. The molecule has 0 spiro atoms. The van der Waals surface area contributed by atoms with Crippen molar-refractivity contribution < 1.29 is 9.50 Å². The third-order valence-electron chi connectivity index (χ3n) is 3.60. The average Bonchev–Trinajstić information content (AvgIpc) is 2.94. The van der Waals surface area contributed by atoms with Gasteiger partial charge in [0.1, 0.15) is 17.2 Å². The first kappa shape index (κ1) is 14.4. The summed E-state index contributed by atoms with van der Waals surface area (Å²) >= 11 is 0. The van der Waals surface area contributed by atoms with E-state index >= 15 is 0 Å². The lowest BCUT2D eigenvalue weighted by Gasteiger charge is -2.11. The van der Waals surface area contributed by atoms with E-state index in [2.05, 4.69) is 10.3 Å². The fraction of sp³-hybridized carbons (Fsp3) is 0.176. The topological polar surface area (TPSA) is 50.9 Å². The number of aliphatic hydroxyl groups excluding tert-OH is 1. The molecule has 0 aliphatic carbocycles. The molecule has 22 heavy (non-hydrogen) atoms. The summed E-state index contributed by atoms with van der Waals surface area (Å²) in [6, 6.07) is 12.1. The maximum Gasteiger partial charge on any atom is 0.123 e. The SMILES string of the molecule is Cc1ccc(C)c(-n2nnc(CO)c2-c2ccc(F)cc2)c1. The molecule has 112 valence electrons. The van der Waals surface area contributed by atoms with Crippen molar-refractivity contribution in [2.75, 3.05) is 0 Å². The maximum absolute atomic E-state index is 13.2. The number of hydrogen-bond acceptors (Lipinski definition) is 3. The number of rotatable bonds is 3. The quantitative estimate of drug-likeness (QED) is 0.808. The number of hydrogen-bond donors (Lipinski definition) is 1. The van der Waals surface area contributed by atoms with Gasteiger partial charge >= 0.3 is 0 Å². The lowest BCUT2D eigenvalue weighted by atomic mass is 10.1. The Balaban J connectivity index is 2.23. The minimum absolute atomic E-state index is 0.225. The first-order valence-corrected chi connectivity index (χ1v) is 6.99. The zero-order valence-corrected chi connectivity index (χ0v) is 12.4. The summed E-state index contributed by atoms with van der Waals surface area (Å²) in [5.74, 6) is -0.306. The molecule has 0 atom stereocenters. The molecule has 0 unspecified atom stereocenters. The van der Waals surface area contributed by atoms with E-state index in [0.29, 0.717) is 11.4 Å². The smallest absolute Gasteiger partial charge is 0.123 e. The van der Waals surface area contributed by atoms with Gasteiger partial charge < -0.3 is 5.11 Å². The van der Waals surface area contributed by atoms with E-state index in [1.807, 2.05) is 32.0 Å². The van der Waals surface area contributed by atoms with Crippen LogP contribution in [0.15, 0.2) is 42.5 Å². The molecule has 0 saturated carbocycles. The predicted molar refractivity (Wildman–Crippen MR) is 82.1 cm³/mol. The van der Waals surface area contributed by atoms with E-state index < -0.39 is 0 Å². The normalized spacial score (nSPS) is 10.9. The standard InChI is InChI=1S/C17H16FN3O/c1-11-3-4-12(2)16(9-11)21-17(15(10-22)19-20-21)13-5-7-14(18)8-6-13/h3-9,22H,10H2,1-2H3. The summed E-state index contributed by atoms with van der Waals surface area (Å²) in [7, 11) is 0. The second kappa shape index (κ2) is 5.69. The van der Waals surface area contributed by atoms with Gasteiger partial charge in [-0.2, -0.15) is 0 Å². The molecule has 3 aromatic rings. The molecular formula is C17H16FN3O. The van der Waals surface area contributed by atoms with Crippen LogP contribution < -0.4 is 0 Å². The monoisotopic (exact) mass is 297 g/mol. The van der Waals surface area contributed by atoms with Gasteiger partial charge in [0.25, 0.3) is 0 Å². The molecule has 0 bridgehead atoms. The zero-order chi connectivity index (χ0) is 15.7. The molecule has 0 aliphatic rings. The van der Waals surface area contributed by atoms with Crippen molar-refractivity contribution in [3.63, 3.8) is 0 Å². The van der Waals surface area contributed by atoms with Crippen LogP contribution in [0, 0.1) is 19.7 Å². The van der Waals surface area contributed by atoms with Crippen LogP contribution in [0.25, 0.3) is 16.9 Å². The van der Waals surface area contributed by atoms with E-state index in [1.165, 1.54) is 12.1 Å². The van der Waals surface area contributed by atoms with E-state index in [1.54, 1.807) is 16.8 Å². The van der Waals surface area contributed by atoms with Crippen molar-refractivity contribution in [2.24, 2.45) is 0 Å². The Morgan fingerprint density at radius 1 is 1.09 bits per heavy atom. The van der Waals surface area contributed by atoms with Gasteiger partial charge in [-0.3, -0.25) is 0 Å². The van der Waals surface area contributed by atoms with Crippen molar-refractivity contribution in [1.29, 1.82) is 0 Å². The Bertz CT molecular complexity index is 809. The highest BCUT2D eigenvalue weighted by Gasteiger charge is 2.17. The summed E-state index contributed by atoms with van der Waals surface area (Å²) in [5.41, 5.74) is 4.95. The van der Waals surface area contributed by atoms with Gasteiger partial charge in [0.2, 0.25) is 0 Å². The molecule has 0 fully saturated rings. The van der Waals surface area contributed by atoms with Gasteiger partial charge in [0.15, 0.2) is 0 Å². The van der Waals surface area contributed by atoms with Gasteiger partial charge in [-0.25, -0.2) is 9.07 Å². The van der Waals surface area contributed by atoms with Gasteiger partial charge in [-0.05, 0) is 55.3 Å². The molecule has 0 aliphatic heterocycles. The number of aliphatic hydroxyl groups is 1. The first-order valence-electron chi connectivity index (χ1n) is 6.99. The fourth-order valence-electron chi connectivity index (χ4n) is 2.43. The minimum atomic E-state index is -0.306. The lowest BCUT2D eigenvalue weighted by Crippen LogP contribution is -2.03. The highest BCUT2D eigenvalue weighted by Crippen LogP contribution is 2.27. The Kier molecular flexibility index (Phi) is 3.73. The van der Waals surface area contributed by atoms with Crippen molar-refractivity contribution in [3.05, 3.63) is 65.1 Å². The number of aryl methyl sites for hydroxylation is 2. The van der Waals surface area contributed by atoms with Crippen LogP contribution in [-0.4, -0.2) is 20.1 Å². The molecule has 0 radical (unpaired) electrons. The summed E-state index contributed by atoms with van der Waals surface area (Å²) in [6.07, 6.45) is 0. The summed E-state index contributed by atoms with van der Waals surface area (Å²) in [4.78, 5) is 0. The summed E-state index contributed by atoms with van der Waals surface area (Å²) < 4.78 is 14.9. The number of aromatic nitrogens is 3. The molecule has 0 saturated heterocycles. The van der Waals surface area contributed by atoms with E-state index in [-0.39, 0.29) is 12.4 Å². The van der Waals surface area contributed by atoms with Crippen LogP contribution in [0.5, 0.6) is 0 Å². The second-order valence-corrected chi connectivity index (χ2v) is 5.25. The predicted octanol–water partition coefficient (Wildman–Crippen LogP) is 3.18. The van der Waals surface area contributed by atoms with Crippen LogP contribution in [0.3, 0.4) is 0 Å². The molecule has 2 aromatic carbocycles. The Labute approximate surface area is 127 Å². The number of benzene rings is 2. The average molecular weight is 297 g/mol. The summed E-state index contributed by atoms with van der Waals surface area (Å²) in [6.45, 7) is 3.77. The van der Waals surface area contributed by atoms with Crippen LogP contribution in [0.2, 0.25) is 0 Å². The van der Waals surface area contributed by atoms with Gasteiger partial charge in [0.05, 0.1) is 12.3 Å². The third-order valence-corrected chi connectivity index (χ3v) is 3.60. The highest BCUT2D eigenvalue weighted by atomic mass is 19.1. The second-order valence-electron chi connectivity index (χ2n) is 5.25. The number of nitrogens with zero attached hydrogens (tertiary/aromatic N) is 3. The number of halogens is 1. The molecule has 1 aromatic heterocycles.